The summed E-state index contributed by atoms with van der Waals surface area (Å²) in [7, 11) is 0. The van der Waals surface area contributed by atoms with Gasteiger partial charge in [0.1, 0.15) is 21.6 Å². The minimum Gasteiger partial charge on any atom is -0.370 e. The second kappa shape index (κ2) is 8.17. The van der Waals surface area contributed by atoms with Gasteiger partial charge in [0.2, 0.25) is 0 Å². The van der Waals surface area contributed by atoms with Crippen molar-refractivity contribution in [2.75, 3.05) is 11.9 Å². The first-order valence-electron chi connectivity index (χ1n) is 5.85. The first-order valence-corrected chi connectivity index (χ1v) is 6.67. The SMILES string of the molecule is Cc1nnc(CCN=C(N)Nc2cc(F)ccc2F)s1.I. The summed E-state index contributed by atoms with van der Waals surface area (Å²) in [5, 5.41) is 12.1. The number of nitrogens with zero attached hydrogens (tertiary/aromatic N) is 3. The van der Waals surface area contributed by atoms with E-state index < -0.39 is 11.6 Å². The molecule has 0 aliphatic carbocycles. The Morgan fingerprint density at radius 3 is 2.81 bits per heavy atom. The number of aliphatic imine (C=N–C) groups is 1. The molecule has 1 aromatic heterocycles. The number of aryl methyl sites for hydroxylation is 1. The van der Waals surface area contributed by atoms with Gasteiger partial charge in [0, 0.05) is 19.0 Å². The molecule has 3 N–H and O–H groups in total. The first-order chi connectivity index (χ1) is 9.54. The summed E-state index contributed by atoms with van der Waals surface area (Å²) in [4.78, 5) is 4.03. The Hall–Kier alpha value is -1.36. The minimum atomic E-state index is -0.593. The van der Waals surface area contributed by atoms with E-state index in [1.165, 1.54) is 11.3 Å². The van der Waals surface area contributed by atoms with Crippen LogP contribution in [0.4, 0.5) is 14.5 Å². The molecular weight excluding hydrogens is 411 g/mol. The van der Waals surface area contributed by atoms with E-state index in [1.54, 1.807) is 0 Å². The number of anilines is 1. The highest BCUT2D eigenvalue weighted by Crippen LogP contribution is 2.14. The van der Waals surface area contributed by atoms with Crippen LogP contribution in [-0.2, 0) is 6.42 Å². The zero-order valence-electron chi connectivity index (χ0n) is 11.1. The van der Waals surface area contributed by atoms with Gasteiger partial charge < -0.3 is 11.1 Å². The smallest absolute Gasteiger partial charge is 0.193 e. The van der Waals surface area contributed by atoms with Crippen LogP contribution in [0.5, 0.6) is 0 Å². The molecule has 1 heterocycles. The molecule has 114 valence electrons. The second-order valence-corrected chi connectivity index (χ2v) is 5.25. The predicted molar refractivity (Wildman–Crippen MR) is 90.2 cm³/mol. The van der Waals surface area contributed by atoms with Gasteiger partial charge in [-0.15, -0.1) is 45.5 Å². The number of guanidine groups is 1. The van der Waals surface area contributed by atoms with Crippen molar-refractivity contribution >= 4 is 47.0 Å². The number of rotatable bonds is 4. The average Bonchev–Trinajstić information content (AvgIpc) is 2.80. The summed E-state index contributed by atoms with van der Waals surface area (Å²) < 4.78 is 26.3. The van der Waals surface area contributed by atoms with Gasteiger partial charge in [-0.1, -0.05) is 0 Å². The Morgan fingerprint density at radius 1 is 1.38 bits per heavy atom. The van der Waals surface area contributed by atoms with Crippen LogP contribution in [0.1, 0.15) is 10.0 Å². The Kier molecular flexibility index (Phi) is 6.89. The molecule has 0 unspecified atom stereocenters. The lowest BCUT2D eigenvalue weighted by Gasteiger charge is -2.06. The molecule has 9 heteroatoms. The summed E-state index contributed by atoms with van der Waals surface area (Å²) in [6.07, 6.45) is 0.597. The maximum absolute atomic E-state index is 13.4. The fourth-order valence-electron chi connectivity index (χ4n) is 1.48. The van der Waals surface area contributed by atoms with Crippen LogP contribution in [0.15, 0.2) is 23.2 Å². The van der Waals surface area contributed by atoms with E-state index in [-0.39, 0.29) is 35.6 Å². The molecule has 0 saturated heterocycles. The van der Waals surface area contributed by atoms with Crippen LogP contribution in [0, 0.1) is 18.6 Å². The van der Waals surface area contributed by atoms with Gasteiger partial charge in [-0.2, -0.15) is 0 Å². The normalized spacial score (nSPS) is 11.1. The summed E-state index contributed by atoms with van der Waals surface area (Å²) >= 11 is 1.49. The Labute approximate surface area is 141 Å². The van der Waals surface area contributed by atoms with Gasteiger partial charge in [0.25, 0.3) is 0 Å². The molecule has 0 radical (unpaired) electrons. The van der Waals surface area contributed by atoms with E-state index in [1.807, 2.05) is 6.92 Å². The Bertz CT molecular complexity index is 632. The van der Waals surface area contributed by atoms with E-state index in [4.69, 9.17) is 5.73 Å². The van der Waals surface area contributed by atoms with Crippen LogP contribution in [-0.4, -0.2) is 22.7 Å². The summed E-state index contributed by atoms with van der Waals surface area (Å²) in [6, 6.07) is 3.08. The zero-order chi connectivity index (χ0) is 14.5. The number of halogens is 3. The van der Waals surface area contributed by atoms with Crippen molar-refractivity contribution in [1.82, 2.24) is 10.2 Å². The van der Waals surface area contributed by atoms with Crippen LogP contribution in [0.2, 0.25) is 0 Å². The van der Waals surface area contributed by atoms with Crippen LogP contribution >= 0.6 is 35.3 Å². The fraction of sp³-hybridized carbons (Fsp3) is 0.250. The van der Waals surface area contributed by atoms with Crippen molar-refractivity contribution in [3.8, 4) is 0 Å². The molecule has 0 spiro atoms. The Balaban J connectivity index is 0.00000220. The summed E-state index contributed by atoms with van der Waals surface area (Å²) in [5.41, 5.74) is 5.57. The van der Waals surface area contributed by atoms with Crippen LogP contribution in [0.25, 0.3) is 0 Å². The molecule has 0 atom stereocenters. The molecule has 0 fully saturated rings. The highest BCUT2D eigenvalue weighted by molar-refractivity contribution is 14.0. The zero-order valence-corrected chi connectivity index (χ0v) is 14.3. The first kappa shape index (κ1) is 17.7. The van der Waals surface area contributed by atoms with Gasteiger partial charge >= 0.3 is 0 Å². The molecule has 0 aliphatic rings. The third-order valence-corrected chi connectivity index (χ3v) is 3.27. The lowest BCUT2D eigenvalue weighted by atomic mass is 10.3. The van der Waals surface area contributed by atoms with E-state index in [9.17, 15) is 8.78 Å². The monoisotopic (exact) mass is 425 g/mol. The third-order valence-electron chi connectivity index (χ3n) is 2.37. The molecule has 2 aromatic rings. The topological polar surface area (TPSA) is 76.2 Å². The van der Waals surface area contributed by atoms with E-state index in [0.29, 0.717) is 13.0 Å². The van der Waals surface area contributed by atoms with Crippen LogP contribution in [0.3, 0.4) is 0 Å². The lowest BCUT2D eigenvalue weighted by Crippen LogP contribution is -2.23. The van der Waals surface area contributed by atoms with Crippen LogP contribution < -0.4 is 11.1 Å². The number of hydrogen-bond acceptors (Lipinski definition) is 4. The standard InChI is InChI=1S/C12H13F2N5S.HI/c1-7-18-19-11(20-7)4-5-16-12(15)17-10-6-8(13)2-3-9(10)14;/h2-3,6H,4-5H2,1H3,(H3,15,16,17);1H. The van der Waals surface area contributed by atoms with Gasteiger partial charge in [-0.25, -0.2) is 8.78 Å². The van der Waals surface area contributed by atoms with E-state index >= 15 is 0 Å². The number of aromatic nitrogens is 2. The summed E-state index contributed by atoms with van der Waals surface area (Å²) in [5.74, 6) is -1.12. The van der Waals surface area contributed by atoms with E-state index in [0.717, 1.165) is 28.2 Å². The number of nitrogens with two attached hydrogens (primary N) is 1. The molecule has 0 amide bonds. The van der Waals surface area contributed by atoms with Gasteiger partial charge in [-0.3, -0.25) is 4.99 Å². The van der Waals surface area contributed by atoms with Crippen molar-refractivity contribution in [3.05, 3.63) is 39.8 Å². The van der Waals surface area contributed by atoms with Gasteiger partial charge in [0.15, 0.2) is 5.96 Å². The predicted octanol–water partition coefficient (Wildman–Crippen LogP) is 2.71. The number of benzene rings is 1. The summed E-state index contributed by atoms with van der Waals surface area (Å²) in [6.45, 7) is 2.26. The van der Waals surface area contributed by atoms with Crippen molar-refractivity contribution in [2.45, 2.75) is 13.3 Å². The molecule has 0 saturated carbocycles. The second-order valence-electron chi connectivity index (χ2n) is 3.98. The third kappa shape index (κ3) is 5.50. The highest BCUT2D eigenvalue weighted by atomic mass is 127. The fourth-order valence-corrected chi connectivity index (χ4v) is 2.18. The molecule has 0 aliphatic heterocycles. The molecule has 0 bridgehead atoms. The minimum absolute atomic E-state index is 0. The van der Waals surface area contributed by atoms with Crippen molar-refractivity contribution in [2.24, 2.45) is 10.7 Å². The number of hydrogen-bond donors (Lipinski definition) is 2. The van der Waals surface area contributed by atoms with Gasteiger partial charge in [-0.05, 0) is 19.1 Å². The van der Waals surface area contributed by atoms with E-state index in [2.05, 4.69) is 20.5 Å². The molecule has 2 rings (SSSR count). The molecule has 21 heavy (non-hydrogen) atoms. The highest BCUT2D eigenvalue weighted by Gasteiger charge is 2.05. The molecule has 5 nitrogen and oxygen atoms in total. The van der Waals surface area contributed by atoms with Crippen molar-refractivity contribution in [3.63, 3.8) is 0 Å². The number of nitrogens with one attached hydrogen (secondary N) is 1. The quantitative estimate of drug-likeness (QED) is 0.449. The maximum atomic E-state index is 13.4. The molecule has 1 aromatic carbocycles. The van der Waals surface area contributed by atoms with Gasteiger partial charge in [0.05, 0.1) is 5.69 Å². The van der Waals surface area contributed by atoms with Crippen molar-refractivity contribution < 1.29 is 8.78 Å². The van der Waals surface area contributed by atoms with Crippen molar-refractivity contribution in [1.29, 1.82) is 0 Å². The average molecular weight is 425 g/mol. The lowest BCUT2D eigenvalue weighted by molar-refractivity contribution is 0.604. The Morgan fingerprint density at radius 2 is 2.14 bits per heavy atom. The largest absolute Gasteiger partial charge is 0.370 e. The molecular formula is C12H14F2IN5S. The maximum Gasteiger partial charge on any atom is 0.193 e.